The third-order valence-corrected chi connectivity index (χ3v) is 1.99. The van der Waals surface area contributed by atoms with Gasteiger partial charge in [-0.1, -0.05) is 31.0 Å². The van der Waals surface area contributed by atoms with Crippen molar-refractivity contribution in [1.29, 1.82) is 0 Å². The normalized spacial score (nSPS) is 11.0. The SMILES string of the molecule is CON=C(NOC)N(S)c1ccccc1. The zero-order valence-electron chi connectivity index (χ0n) is 8.54. The summed E-state index contributed by atoms with van der Waals surface area (Å²) in [6.07, 6.45) is 0. The van der Waals surface area contributed by atoms with Crippen LogP contribution in [0.25, 0.3) is 0 Å². The van der Waals surface area contributed by atoms with Gasteiger partial charge in [-0.25, -0.2) is 5.48 Å². The topological polar surface area (TPSA) is 46.1 Å². The van der Waals surface area contributed by atoms with Gasteiger partial charge in [-0.15, -0.1) is 0 Å². The van der Waals surface area contributed by atoms with Crippen molar-refractivity contribution < 1.29 is 9.68 Å². The van der Waals surface area contributed by atoms with E-state index in [9.17, 15) is 0 Å². The summed E-state index contributed by atoms with van der Waals surface area (Å²) >= 11 is 4.26. The van der Waals surface area contributed by atoms with Crippen LogP contribution in [0.2, 0.25) is 0 Å². The molecule has 5 nitrogen and oxygen atoms in total. The fourth-order valence-electron chi connectivity index (χ4n) is 0.970. The molecule has 6 heteroatoms. The van der Waals surface area contributed by atoms with Crippen LogP contribution in [0.4, 0.5) is 5.69 Å². The molecule has 0 bridgehead atoms. The van der Waals surface area contributed by atoms with Gasteiger partial charge in [-0.2, -0.15) is 0 Å². The first kappa shape index (κ1) is 11.7. The molecule has 0 aliphatic carbocycles. The quantitative estimate of drug-likeness (QED) is 0.355. The number of thiol groups is 1. The Hall–Kier alpha value is -1.40. The molecule has 0 unspecified atom stereocenters. The second-order valence-corrected chi connectivity index (χ2v) is 2.95. The van der Waals surface area contributed by atoms with Gasteiger partial charge < -0.3 is 4.84 Å². The molecule has 0 saturated carbocycles. The minimum absolute atomic E-state index is 0.342. The molecular formula is C9H13N3O2S. The fourth-order valence-corrected chi connectivity index (χ4v) is 1.18. The summed E-state index contributed by atoms with van der Waals surface area (Å²) in [5.74, 6) is 0.342. The summed E-state index contributed by atoms with van der Waals surface area (Å²) in [5.41, 5.74) is 3.40. The van der Waals surface area contributed by atoms with E-state index in [2.05, 4.69) is 28.3 Å². The summed E-state index contributed by atoms with van der Waals surface area (Å²) in [4.78, 5) is 9.40. The van der Waals surface area contributed by atoms with Gasteiger partial charge in [-0.05, 0) is 17.3 Å². The summed E-state index contributed by atoms with van der Waals surface area (Å²) in [6.45, 7) is 0. The molecule has 1 aromatic rings. The Morgan fingerprint density at radius 1 is 1.33 bits per heavy atom. The van der Waals surface area contributed by atoms with Crippen molar-refractivity contribution in [2.75, 3.05) is 18.5 Å². The Morgan fingerprint density at radius 3 is 2.53 bits per heavy atom. The van der Waals surface area contributed by atoms with Gasteiger partial charge in [0.25, 0.3) is 5.96 Å². The molecule has 0 aliphatic heterocycles. The molecule has 0 radical (unpaired) electrons. The van der Waals surface area contributed by atoms with Crippen LogP contribution < -0.4 is 9.79 Å². The lowest BCUT2D eigenvalue weighted by Crippen LogP contribution is -2.35. The molecule has 0 atom stereocenters. The predicted molar refractivity (Wildman–Crippen MR) is 62.5 cm³/mol. The van der Waals surface area contributed by atoms with Crippen LogP contribution in [-0.4, -0.2) is 20.2 Å². The van der Waals surface area contributed by atoms with E-state index in [0.717, 1.165) is 5.69 Å². The lowest BCUT2D eigenvalue weighted by Gasteiger charge is -2.18. The Morgan fingerprint density at radius 2 is 2.00 bits per heavy atom. The molecule has 0 fully saturated rings. The number of para-hydroxylation sites is 1. The van der Waals surface area contributed by atoms with Crippen LogP contribution in [0.1, 0.15) is 0 Å². The number of hydrogen-bond donors (Lipinski definition) is 2. The Bertz CT molecular complexity index is 318. The molecule has 0 heterocycles. The van der Waals surface area contributed by atoms with E-state index in [-0.39, 0.29) is 0 Å². The van der Waals surface area contributed by atoms with Crippen molar-refractivity contribution in [2.45, 2.75) is 0 Å². The predicted octanol–water partition coefficient (Wildman–Crippen LogP) is 1.41. The van der Waals surface area contributed by atoms with Crippen molar-refractivity contribution >= 4 is 24.5 Å². The number of oxime groups is 1. The minimum atomic E-state index is 0.342. The van der Waals surface area contributed by atoms with Crippen molar-refractivity contribution in [2.24, 2.45) is 5.16 Å². The molecule has 0 aliphatic rings. The number of guanidine groups is 1. The van der Waals surface area contributed by atoms with Crippen molar-refractivity contribution in [3.63, 3.8) is 0 Å². The first-order chi connectivity index (χ1) is 7.29. The highest BCUT2D eigenvalue weighted by atomic mass is 32.1. The molecule has 0 amide bonds. The van der Waals surface area contributed by atoms with Crippen molar-refractivity contribution in [3.8, 4) is 0 Å². The zero-order valence-corrected chi connectivity index (χ0v) is 9.44. The molecule has 1 N–H and O–H groups in total. The van der Waals surface area contributed by atoms with Gasteiger partial charge in [-0.3, -0.25) is 9.14 Å². The number of benzene rings is 1. The summed E-state index contributed by atoms with van der Waals surface area (Å²) in [7, 11) is 2.93. The zero-order chi connectivity index (χ0) is 11.1. The second-order valence-electron chi connectivity index (χ2n) is 2.55. The van der Waals surface area contributed by atoms with Gasteiger partial charge in [0.05, 0.1) is 12.8 Å². The first-order valence-corrected chi connectivity index (χ1v) is 4.63. The number of hydrogen-bond acceptors (Lipinski definition) is 4. The number of nitrogens with zero attached hydrogens (tertiary/aromatic N) is 2. The van der Waals surface area contributed by atoms with Gasteiger partial charge in [0, 0.05) is 0 Å². The fraction of sp³-hybridized carbons (Fsp3) is 0.222. The summed E-state index contributed by atoms with van der Waals surface area (Å²) < 4.78 is 1.51. The van der Waals surface area contributed by atoms with Crippen LogP contribution in [-0.2, 0) is 9.68 Å². The summed E-state index contributed by atoms with van der Waals surface area (Å²) in [5, 5.41) is 3.72. The molecule has 82 valence electrons. The van der Waals surface area contributed by atoms with Crippen LogP contribution >= 0.6 is 12.8 Å². The number of hydroxylamine groups is 1. The van der Waals surface area contributed by atoms with Crippen LogP contribution in [0.3, 0.4) is 0 Å². The molecule has 0 spiro atoms. The monoisotopic (exact) mass is 227 g/mol. The average molecular weight is 227 g/mol. The van der Waals surface area contributed by atoms with Gasteiger partial charge >= 0.3 is 0 Å². The van der Waals surface area contributed by atoms with Gasteiger partial charge in [0.2, 0.25) is 0 Å². The second kappa shape index (κ2) is 6.15. The van der Waals surface area contributed by atoms with E-state index in [0.29, 0.717) is 5.96 Å². The first-order valence-electron chi connectivity index (χ1n) is 4.23. The van der Waals surface area contributed by atoms with E-state index >= 15 is 0 Å². The number of rotatable bonds is 3. The molecule has 0 aromatic heterocycles. The molecule has 15 heavy (non-hydrogen) atoms. The Labute approximate surface area is 94.2 Å². The standard InChI is InChI=1S/C9H13N3O2S/c1-13-10-9(11-14-2)12(15)8-6-4-3-5-7-8/h3-7,15H,1-2H3,(H,10,11). The van der Waals surface area contributed by atoms with Crippen molar-refractivity contribution in [3.05, 3.63) is 30.3 Å². The largest absolute Gasteiger partial charge is 0.396 e. The highest BCUT2D eigenvalue weighted by Crippen LogP contribution is 2.15. The molecule has 1 rings (SSSR count). The third-order valence-electron chi connectivity index (χ3n) is 1.57. The Kier molecular flexibility index (Phi) is 4.79. The number of nitrogens with one attached hydrogen (secondary N) is 1. The maximum absolute atomic E-state index is 4.75. The Balaban J connectivity index is 2.81. The summed E-state index contributed by atoms with van der Waals surface area (Å²) in [6, 6.07) is 9.48. The smallest absolute Gasteiger partial charge is 0.274 e. The van der Waals surface area contributed by atoms with Crippen LogP contribution in [0.5, 0.6) is 0 Å². The van der Waals surface area contributed by atoms with Crippen LogP contribution in [0.15, 0.2) is 35.5 Å². The lowest BCUT2D eigenvalue weighted by molar-refractivity contribution is 0.134. The number of anilines is 1. The average Bonchev–Trinajstić information content (AvgIpc) is 2.29. The van der Waals surface area contributed by atoms with Crippen LogP contribution in [0, 0.1) is 0 Å². The maximum atomic E-state index is 4.75. The highest BCUT2D eigenvalue weighted by molar-refractivity contribution is 7.82. The van der Waals surface area contributed by atoms with Crippen molar-refractivity contribution in [1.82, 2.24) is 5.48 Å². The van der Waals surface area contributed by atoms with E-state index in [1.807, 2.05) is 30.3 Å². The van der Waals surface area contributed by atoms with E-state index in [4.69, 9.17) is 4.84 Å². The van der Waals surface area contributed by atoms with E-state index < -0.39 is 0 Å². The molecule has 1 aromatic carbocycles. The van der Waals surface area contributed by atoms with E-state index in [1.54, 1.807) is 0 Å². The molecule has 0 saturated heterocycles. The highest BCUT2D eigenvalue weighted by Gasteiger charge is 2.09. The maximum Gasteiger partial charge on any atom is 0.274 e. The molecular weight excluding hydrogens is 214 g/mol. The van der Waals surface area contributed by atoms with Gasteiger partial charge in [0.15, 0.2) is 0 Å². The third kappa shape index (κ3) is 3.34. The minimum Gasteiger partial charge on any atom is -0.396 e. The lowest BCUT2D eigenvalue weighted by atomic mass is 10.3. The van der Waals surface area contributed by atoms with Gasteiger partial charge in [0.1, 0.15) is 7.11 Å². The van der Waals surface area contributed by atoms with E-state index in [1.165, 1.54) is 18.5 Å².